The van der Waals surface area contributed by atoms with Crippen molar-refractivity contribution in [3.8, 4) is 0 Å². The van der Waals surface area contributed by atoms with Crippen molar-refractivity contribution in [2.24, 2.45) is 0 Å². The minimum Gasteiger partial charge on any atom is -0.0911 e. The van der Waals surface area contributed by atoms with E-state index in [2.05, 4.69) is 73.8 Å². The average Bonchev–Trinajstić information content (AvgIpc) is 2.74. The molecule has 0 aliphatic heterocycles. The molecule has 1 aliphatic carbocycles. The van der Waals surface area contributed by atoms with Gasteiger partial charge in [-0.3, -0.25) is 0 Å². The van der Waals surface area contributed by atoms with Gasteiger partial charge in [-0.05, 0) is 87.9 Å². The molecule has 28 heavy (non-hydrogen) atoms. The van der Waals surface area contributed by atoms with E-state index < -0.39 is 0 Å². The van der Waals surface area contributed by atoms with Crippen LogP contribution in [0, 0.1) is 0 Å². The van der Waals surface area contributed by atoms with Gasteiger partial charge >= 0.3 is 0 Å². The highest BCUT2D eigenvalue weighted by atomic mass is 14.2. The van der Waals surface area contributed by atoms with E-state index in [0.29, 0.717) is 0 Å². The van der Waals surface area contributed by atoms with Crippen LogP contribution in [0.5, 0.6) is 0 Å². The van der Waals surface area contributed by atoms with Gasteiger partial charge in [0.2, 0.25) is 0 Å². The molecule has 6 aromatic rings. The van der Waals surface area contributed by atoms with Crippen LogP contribution < -0.4 is 15.7 Å². The van der Waals surface area contributed by atoms with Gasteiger partial charge in [-0.2, -0.15) is 0 Å². The van der Waals surface area contributed by atoms with Crippen LogP contribution >= 0.6 is 0 Å². The Kier molecular flexibility index (Phi) is 2.47. The van der Waals surface area contributed by atoms with Crippen molar-refractivity contribution in [1.29, 1.82) is 0 Å². The zero-order valence-corrected chi connectivity index (χ0v) is 15.6. The van der Waals surface area contributed by atoms with E-state index in [-0.39, 0.29) is 0 Å². The Balaban J connectivity index is 2.04. The summed E-state index contributed by atoms with van der Waals surface area (Å²) >= 11 is 0. The van der Waals surface area contributed by atoms with Gasteiger partial charge in [0.25, 0.3) is 0 Å². The number of benzene rings is 6. The molecule has 0 spiro atoms. The molecule has 0 saturated carbocycles. The van der Waals surface area contributed by atoms with Gasteiger partial charge in [0, 0.05) is 0 Å². The summed E-state index contributed by atoms with van der Waals surface area (Å²) in [5.41, 5.74) is 1.43. The van der Waals surface area contributed by atoms with Crippen LogP contribution in [0.25, 0.3) is 73.1 Å². The van der Waals surface area contributed by atoms with E-state index in [1.54, 1.807) is 0 Å². The highest BCUT2D eigenvalue weighted by Crippen LogP contribution is 2.41. The topological polar surface area (TPSA) is 0 Å². The van der Waals surface area contributed by atoms with Crippen molar-refractivity contribution in [2.75, 3.05) is 0 Å². The second kappa shape index (κ2) is 4.72. The molecule has 0 heterocycles. The van der Waals surface area contributed by atoms with Gasteiger partial charge in [-0.25, -0.2) is 0 Å². The summed E-state index contributed by atoms with van der Waals surface area (Å²) in [6.07, 6.45) is 4.55. The number of rotatable bonds is 0. The molecule has 0 heteroatoms. The normalized spacial score (nSPS) is 14.0. The molecule has 0 N–H and O–H groups in total. The highest BCUT2D eigenvalue weighted by Gasteiger charge is 2.20. The lowest BCUT2D eigenvalue weighted by molar-refractivity contribution is 1.03. The minimum atomic E-state index is 1.07. The molecule has 0 bridgehead atoms. The van der Waals surface area contributed by atoms with E-state index in [1.807, 2.05) is 0 Å². The lowest BCUT2D eigenvalue weighted by Crippen LogP contribution is -2.20. The van der Waals surface area contributed by atoms with E-state index >= 15 is 0 Å². The van der Waals surface area contributed by atoms with Crippen molar-refractivity contribution >= 4 is 73.1 Å². The second-order valence-corrected chi connectivity index (χ2v) is 8.19. The Labute approximate surface area is 162 Å². The lowest BCUT2D eigenvalue weighted by Gasteiger charge is -2.21. The van der Waals surface area contributed by atoms with Gasteiger partial charge in [-0.15, -0.1) is 0 Å². The summed E-state index contributed by atoms with van der Waals surface area (Å²) in [5, 5.41) is 17.1. The van der Waals surface area contributed by atoms with Crippen molar-refractivity contribution < 1.29 is 0 Å². The average molecular weight is 354 g/mol. The van der Waals surface area contributed by atoms with Crippen molar-refractivity contribution in [2.45, 2.75) is 12.8 Å². The molecule has 0 radical (unpaired) electrons. The quantitative estimate of drug-likeness (QED) is 0.261. The predicted octanol–water partition coefficient (Wildman–Crippen LogP) is 5.16. The monoisotopic (exact) mass is 354 g/mol. The van der Waals surface area contributed by atoms with Crippen LogP contribution in [0.4, 0.5) is 0 Å². The first-order chi connectivity index (χ1) is 13.7. The summed E-state index contributed by atoms with van der Waals surface area (Å²) in [7, 11) is 0. The molecule has 0 amide bonds. The molecule has 7 rings (SSSR count). The smallest absolute Gasteiger partial charge is 0.000786 e. The molecule has 0 unspecified atom stereocenters. The Morgan fingerprint density at radius 3 is 2.32 bits per heavy atom. The van der Waals surface area contributed by atoms with Gasteiger partial charge in [0.05, 0.1) is 0 Å². The lowest BCUT2D eigenvalue weighted by atomic mass is 9.82. The van der Waals surface area contributed by atoms with E-state index in [9.17, 15) is 0 Å². The molecular formula is C28H18. The third kappa shape index (κ3) is 1.51. The van der Waals surface area contributed by atoms with E-state index in [0.717, 1.165) is 18.1 Å². The SMILES string of the molecule is C=c1ccc2cccc3c4ccc5ccc6c7c(c(=C)c(c1c23)c4c57)CCC=6. The Morgan fingerprint density at radius 2 is 1.39 bits per heavy atom. The molecule has 0 saturated heterocycles. The third-order valence-electron chi connectivity index (χ3n) is 6.87. The fourth-order valence-corrected chi connectivity index (χ4v) is 5.72. The first-order valence-corrected chi connectivity index (χ1v) is 9.98. The molecular weight excluding hydrogens is 336 g/mol. The summed E-state index contributed by atoms with van der Waals surface area (Å²) in [6.45, 7) is 9.07. The third-order valence-corrected chi connectivity index (χ3v) is 6.87. The largest absolute Gasteiger partial charge is 0.0911 e. The summed E-state index contributed by atoms with van der Waals surface area (Å²) in [4.78, 5) is 0. The van der Waals surface area contributed by atoms with Crippen molar-refractivity contribution in [3.63, 3.8) is 0 Å². The Morgan fingerprint density at radius 1 is 0.607 bits per heavy atom. The maximum absolute atomic E-state index is 4.64. The Bertz CT molecular complexity index is 1780. The highest BCUT2D eigenvalue weighted by molar-refractivity contribution is 6.37. The fraction of sp³-hybridized carbons (Fsp3) is 0.0714. The Hall–Kier alpha value is -3.38. The summed E-state index contributed by atoms with van der Waals surface area (Å²) in [5.74, 6) is 0. The molecule has 0 fully saturated rings. The van der Waals surface area contributed by atoms with Crippen LogP contribution in [0.2, 0.25) is 0 Å². The predicted molar refractivity (Wildman–Crippen MR) is 123 cm³/mol. The minimum absolute atomic E-state index is 1.07. The molecule has 0 atom stereocenters. The number of fused-ring (bicyclic) bond motifs is 2. The molecule has 0 aromatic heterocycles. The fourth-order valence-electron chi connectivity index (χ4n) is 5.72. The van der Waals surface area contributed by atoms with Crippen LogP contribution in [-0.2, 0) is 6.42 Å². The number of aryl methyl sites for hydroxylation is 1. The van der Waals surface area contributed by atoms with Crippen LogP contribution in [0.15, 0.2) is 54.6 Å². The van der Waals surface area contributed by atoms with Gasteiger partial charge < -0.3 is 0 Å². The van der Waals surface area contributed by atoms with Crippen LogP contribution in [0.1, 0.15) is 12.0 Å². The number of hydrogen-bond donors (Lipinski definition) is 0. The molecule has 6 aromatic carbocycles. The summed E-state index contributed by atoms with van der Waals surface area (Å²) in [6, 6.07) is 20.2. The van der Waals surface area contributed by atoms with Crippen LogP contribution in [0.3, 0.4) is 0 Å². The molecule has 130 valence electrons. The van der Waals surface area contributed by atoms with Crippen molar-refractivity contribution in [1.82, 2.24) is 0 Å². The second-order valence-electron chi connectivity index (χ2n) is 8.19. The molecule has 1 aliphatic rings. The zero-order chi connectivity index (χ0) is 18.6. The maximum atomic E-state index is 4.64. The van der Waals surface area contributed by atoms with Crippen molar-refractivity contribution in [3.05, 3.63) is 75.8 Å². The van der Waals surface area contributed by atoms with Gasteiger partial charge in [0.15, 0.2) is 0 Å². The zero-order valence-electron chi connectivity index (χ0n) is 15.6. The van der Waals surface area contributed by atoms with E-state index in [4.69, 9.17) is 0 Å². The van der Waals surface area contributed by atoms with Gasteiger partial charge in [-0.1, -0.05) is 73.8 Å². The maximum Gasteiger partial charge on any atom is -0.000786 e. The first kappa shape index (κ1) is 14.6. The number of hydrogen-bond acceptors (Lipinski definition) is 0. The summed E-state index contributed by atoms with van der Waals surface area (Å²) < 4.78 is 0. The standard InChI is InChI=1S/C28H18/c1-15-9-10-17-6-4-8-21-22-14-13-19-12-11-18-5-3-7-20-16(2)24(23(15)26(17)21)28(22)27(19)25(18)20/h4-6,8-14H,1-3,7H2. The van der Waals surface area contributed by atoms with Gasteiger partial charge in [0.1, 0.15) is 0 Å². The first-order valence-electron chi connectivity index (χ1n) is 9.98. The van der Waals surface area contributed by atoms with Crippen LogP contribution in [-0.4, -0.2) is 0 Å². The van der Waals surface area contributed by atoms with E-state index in [1.165, 1.54) is 69.9 Å². The molecule has 0 nitrogen and oxygen atoms in total.